The quantitative estimate of drug-likeness (QED) is 0.800. The predicted octanol–water partition coefficient (Wildman–Crippen LogP) is 3.04. The zero-order valence-corrected chi connectivity index (χ0v) is 15.4. The second-order valence-corrected chi connectivity index (χ2v) is 6.72. The summed E-state index contributed by atoms with van der Waals surface area (Å²) in [6, 6.07) is 7.34. The van der Waals surface area contributed by atoms with Crippen LogP contribution in [0, 0.1) is 0 Å². The van der Waals surface area contributed by atoms with Crippen LogP contribution in [0.25, 0.3) is 11.3 Å². The standard InChI is InChI=1S/C20H25NO5/c1-21(2)10-11-25-20(23)18-17-15(22)8-5-9-16(17)26-19(18)13-6-4-7-14(12-13)24-3/h4,6-7,12,15,22H,5,8-11H2,1-3H3. The summed E-state index contributed by atoms with van der Waals surface area (Å²) >= 11 is 0. The van der Waals surface area contributed by atoms with Gasteiger partial charge in [-0.05, 0) is 39.1 Å². The van der Waals surface area contributed by atoms with Crippen molar-refractivity contribution < 1.29 is 23.8 Å². The molecule has 1 heterocycles. The van der Waals surface area contributed by atoms with Gasteiger partial charge in [-0.3, -0.25) is 0 Å². The molecule has 26 heavy (non-hydrogen) atoms. The van der Waals surface area contributed by atoms with Gasteiger partial charge < -0.3 is 23.9 Å². The number of ether oxygens (including phenoxy) is 2. The van der Waals surface area contributed by atoms with Crippen molar-refractivity contribution in [2.24, 2.45) is 0 Å². The summed E-state index contributed by atoms with van der Waals surface area (Å²) in [6.07, 6.45) is 1.43. The second kappa shape index (κ2) is 7.93. The van der Waals surface area contributed by atoms with E-state index in [1.165, 1.54) is 0 Å². The maximum absolute atomic E-state index is 12.8. The Balaban J connectivity index is 2.02. The summed E-state index contributed by atoms with van der Waals surface area (Å²) in [4.78, 5) is 14.8. The van der Waals surface area contributed by atoms with E-state index >= 15 is 0 Å². The molecule has 1 unspecified atom stereocenters. The Morgan fingerprint density at radius 1 is 1.38 bits per heavy atom. The highest BCUT2D eigenvalue weighted by atomic mass is 16.5. The number of hydrogen-bond acceptors (Lipinski definition) is 6. The van der Waals surface area contributed by atoms with Crippen LogP contribution >= 0.6 is 0 Å². The van der Waals surface area contributed by atoms with Gasteiger partial charge in [-0.2, -0.15) is 0 Å². The van der Waals surface area contributed by atoms with E-state index in [4.69, 9.17) is 13.9 Å². The number of carbonyl (C=O) groups is 1. The van der Waals surface area contributed by atoms with Crippen molar-refractivity contribution in [1.29, 1.82) is 0 Å². The van der Waals surface area contributed by atoms with Gasteiger partial charge in [-0.25, -0.2) is 4.79 Å². The summed E-state index contributed by atoms with van der Waals surface area (Å²) in [5.41, 5.74) is 1.63. The van der Waals surface area contributed by atoms with E-state index in [1.807, 2.05) is 43.3 Å². The normalized spacial score (nSPS) is 16.4. The molecular weight excluding hydrogens is 334 g/mol. The second-order valence-electron chi connectivity index (χ2n) is 6.72. The van der Waals surface area contributed by atoms with Crippen LogP contribution in [0.4, 0.5) is 0 Å². The monoisotopic (exact) mass is 359 g/mol. The minimum Gasteiger partial charge on any atom is -0.497 e. The van der Waals surface area contributed by atoms with Crippen LogP contribution in [-0.2, 0) is 11.2 Å². The molecule has 1 aromatic carbocycles. The van der Waals surface area contributed by atoms with Crippen LogP contribution in [0.1, 0.15) is 40.6 Å². The number of furan rings is 1. The molecule has 6 heteroatoms. The molecule has 1 aliphatic carbocycles. The van der Waals surface area contributed by atoms with Gasteiger partial charge >= 0.3 is 5.97 Å². The number of fused-ring (bicyclic) bond motifs is 1. The minimum atomic E-state index is -0.710. The molecule has 0 radical (unpaired) electrons. The lowest BCUT2D eigenvalue weighted by molar-refractivity contribution is 0.0474. The Labute approximate surface area is 153 Å². The lowest BCUT2D eigenvalue weighted by Gasteiger charge is -2.17. The molecule has 140 valence electrons. The lowest BCUT2D eigenvalue weighted by atomic mass is 9.91. The number of hydrogen-bond donors (Lipinski definition) is 1. The van der Waals surface area contributed by atoms with Gasteiger partial charge in [-0.1, -0.05) is 12.1 Å². The molecule has 0 spiro atoms. The van der Waals surface area contributed by atoms with E-state index in [-0.39, 0.29) is 6.61 Å². The number of methoxy groups -OCH3 is 1. The Morgan fingerprint density at radius 2 is 2.19 bits per heavy atom. The molecule has 2 aromatic rings. The fourth-order valence-electron chi connectivity index (χ4n) is 3.19. The number of likely N-dealkylation sites (N-methyl/N-ethyl adjacent to an activating group) is 1. The number of aliphatic hydroxyl groups excluding tert-OH is 1. The number of rotatable bonds is 6. The zero-order chi connectivity index (χ0) is 18.7. The maximum Gasteiger partial charge on any atom is 0.342 e. The summed E-state index contributed by atoms with van der Waals surface area (Å²) in [6.45, 7) is 0.905. The molecular formula is C20H25NO5. The van der Waals surface area contributed by atoms with Gasteiger partial charge in [0.1, 0.15) is 29.4 Å². The molecule has 0 bridgehead atoms. The van der Waals surface area contributed by atoms with E-state index < -0.39 is 12.1 Å². The van der Waals surface area contributed by atoms with Gasteiger partial charge in [0, 0.05) is 24.1 Å². The summed E-state index contributed by atoms with van der Waals surface area (Å²) in [5, 5.41) is 10.5. The SMILES string of the molecule is COc1cccc(-c2oc3c(c2C(=O)OCCN(C)C)C(O)CCC3)c1. The number of aliphatic hydroxyl groups is 1. The van der Waals surface area contributed by atoms with Crippen molar-refractivity contribution in [1.82, 2.24) is 4.90 Å². The first kappa shape index (κ1) is 18.5. The van der Waals surface area contributed by atoms with Crippen molar-refractivity contribution in [3.8, 4) is 17.1 Å². The molecule has 6 nitrogen and oxygen atoms in total. The molecule has 1 atom stereocenters. The van der Waals surface area contributed by atoms with Crippen LogP contribution < -0.4 is 4.74 Å². The zero-order valence-electron chi connectivity index (χ0n) is 15.4. The Kier molecular flexibility index (Phi) is 5.64. The van der Waals surface area contributed by atoms with E-state index in [0.717, 1.165) is 12.0 Å². The number of nitrogens with zero attached hydrogens (tertiary/aromatic N) is 1. The third-order valence-corrected chi connectivity index (χ3v) is 4.54. The number of esters is 1. The molecule has 0 saturated carbocycles. The van der Waals surface area contributed by atoms with Crippen LogP contribution in [0.2, 0.25) is 0 Å². The van der Waals surface area contributed by atoms with Gasteiger partial charge in [0.15, 0.2) is 0 Å². The van der Waals surface area contributed by atoms with Crippen LogP contribution in [-0.4, -0.2) is 50.3 Å². The molecule has 0 fully saturated rings. The highest BCUT2D eigenvalue weighted by Gasteiger charge is 2.33. The summed E-state index contributed by atoms with van der Waals surface area (Å²) < 4.78 is 16.7. The third-order valence-electron chi connectivity index (χ3n) is 4.54. The van der Waals surface area contributed by atoms with Crippen molar-refractivity contribution in [2.75, 3.05) is 34.4 Å². The Bertz CT molecular complexity index is 781. The number of aryl methyl sites for hydroxylation is 1. The Hall–Kier alpha value is -2.31. The molecule has 3 rings (SSSR count). The van der Waals surface area contributed by atoms with Gasteiger partial charge in [0.2, 0.25) is 0 Å². The molecule has 1 aliphatic rings. The highest BCUT2D eigenvalue weighted by molar-refractivity contribution is 5.98. The Morgan fingerprint density at radius 3 is 2.92 bits per heavy atom. The average Bonchev–Trinajstić information content (AvgIpc) is 3.02. The van der Waals surface area contributed by atoms with Gasteiger partial charge in [0.25, 0.3) is 0 Å². The molecule has 1 N–H and O–H groups in total. The molecule has 1 aromatic heterocycles. The van der Waals surface area contributed by atoms with Crippen molar-refractivity contribution in [3.05, 3.63) is 41.2 Å². The number of carbonyl (C=O) groups excluding carboxylic acids is 1. The van der Waals surface area contributed by atoms with Crippen molar-refractivity contribution >= 4 is 5.97 Å². The fraction of sp³-hybridized carbons (Fsp3) is 0.450. The van der Waals surface area contributed by atoms with E-state index in [0.29, 0.717) is 47.8 Å². The highest BCUT2D eigenvalue weighted by Crippen LogP contribution is 2.41. The molecule has 0 aliphatic heterocycles. The first-order valence-electron chi connectivity index (χ1n) is 8.81. The van der Waals surface area contributed by atoms with Gasteiger partial charge in [0.05, 0.1) is 13.2 Å². The summed E-state index contributed by atoms with van der Waals surface area (Å²) in [7, 11) is 5.42. The number of benzene rings is 1. The third kappa shape index (κ3) is 3.76. The minimum absolute atomic E-state index is 0.277. The van der Waals surface area contributed by atoms with Crippen molar-refractivity contribution in [2.45, 2.75) is 25.4 Å². The maximum atomic E-state index is 12.8. The first-order valence-corrected chi connectivity index (χ1v) is 8.81. The largest absolute Gasteiger partial charge is 0.497 e. The summed E-state index contributed by atoms with van der Waals surface area (Å²) in [5.74, 6) is 1.31. The fourth-order valence-corrected chi connectivity index (χ4v) is 3.19. The lowest BCUT2D eigenvalue weighted by Crippen LogP contribution is -2.21. The average molecular weight is 359 g/mol. The van der Waals surface area contributed by atoms with Crippen LogP contribution in [0.3, 0.4) is 0 Å². The molecule has 0 amide bonds. The smallest absolute Gasteiger partial charge is 0.342 e. The van der Waals surface area contributed by atoms with E-state index in [1.54, 1.807) is 7.11 Å². The molecule has 0 saturated heterocycles. The van der Waals surface area contributed by atoms with Crippen molar-refractivity contribution in [3.63, 3.8) is 0 Å². The topological polar surface area (TPSA) is 72.1 Å². The van der Waals surface area contributed by atoms with E-state index in [9.17, 15) is 9.90 Å². The predicted molar refractivity (Wildman–Crippen MR) is 97.4 cm³/mol. The van der Waals surface area contributed by atoms with Gasteiger partial charge in [-0.15, -0.1) is 0 Å². The van der Waals surface area contributed by atoms with Crippen LogP contribution in [0.5, 0.6) is 5.75 Å². The van der Waals surface area contributed by atoms with E-state index in [2.05, 4.69) is 0 Å². The first-order chi connectivity index (χ1) is 12.5. The van der Waals surface area contributed by atoms with Crippen LogP contribution in [0.15, 0.2) is 28.7 Å².